The highest BCUT2D eigenvalue weighted by Crippen LogP contribution is 2.33. The molecule has 0 fully saturated rings. The number of carbonyl (C=O) groups is 3. The van der Waals surface area contributed by atoms with E-state index >= 15 is 0 Å². The fourth-order valence-electron chi connectivity index (χ4n) is 3.78. The van der Waals surface area contributed by atoms with Crippen molar-refractivity contribution in [1.29, 1.82) is 0 Å². The lowest BCUT2D eigenvalue weighted by Gasteiger charge is -2.23. The van der Waals surface area contributed by atoms with Crippen LogP contribution in [-0.2, 0) is 22.4 Å². The van der Waals surface area contributed by atoms with E-state index in [1.54, 1.807) is 6.33 Å². The fraction of sp³-hybridized carbons (Fsp3) is 0.273. The number of nitrogens with zero attached hydrogens (tertiary/aromatic N) is 2. The van der Waals surface area contributed by atoms with Crippen LogP contribution < -0.4 is 0 Å². The summed E-state index contributed by atoms with van der Waals surface area (Å²) < 4.78 is 1.95. The van der Waals surface area contributed by atoms with Crippen molar-refractivity contribution in [3.8, 4) is 0 Å². The minimum absolute atomic E-state index is 0.0182. The van der Waals surface area contributed by atoms with E-state index in [4.69, 9.17) is 10.2 Å². The molecule has 1 unspecified atom stereocenters. The fourth-order valence-corrected chi connectivity index (χ4v) is 3.78. The van der Waals surface area contributed by atoms with Gasteiger partial charge >= 0.3 is 11.9 Å². The third-order valence-corrected chi connectivity index (χ3v) is 5.29. The smallest absolute Gasteiger partial charge is 0.328 e. The molecule has 3 heterocycles. The van der Waals surface area contributed by atoms with Gasteiger partial charge in [-0.3, -0.25) is 9.36 Å². The zero-order valence-electron chi connectivity index (χ0n) is 16.8. The molecule has 8 heteroatoms. The van der Waals surface area contributed by atoms with Crippen LogP contribution in [0.25, 0.3) is 10.9 Å². The van der Waals surface area contributed by atoms with Gasteiger partial charge in [-0.25, -0.2) is 14.6 Å². The number of aromatic nitrogens is 3. The van der Waals surface area contributed by atoms with Crippen molar-refractivity contribution in [1.82, 2.24) is 14.5 Å². The summed E-state index contributed by atoms with van der Waals surface area (Å²) in [7, 11) is 0. The van der Waals surface area contributed by atoms with Crippen LogP contribution in [0.1, 0.15) is 33.9 Å². The number of H-pyrrole nitrogens is 1. The molecule has 2 aromatic heterocycles. The van der Waals surface area contributed by atoms with E-state index in [2.05, 4.69) is 23.0 Å². The van der Waals surface area contributed by atoms with Crippen LogP contribution in [0.4, 0.5) is 0 Å². The molecule has 3 N–H and O–H groups in total. The van der Waals surface area contributed by atoms with Gasteiger partial charge in [0, 0.05) is 41.3 Å². The van der Waals surface area contributed by atoms with Gasteiger partial charge in [-0.1, -0.05) is 18.2 Å². The number of benzene rings is 1. The van der Waals surface area contributed by atoms with Gasteiger partial charge in [-0.15, -0.1) is 0 Å². The molecule has 1 aliphatic heterocycles. The van der Waals surface area contributed by atoms with Gasteiger partial charge in [0.1, 0.15) is 0 Å². The molecule has 0 radical (unpaired) electrons. The van der Waals surface area contributed by atoms with Crippen molar-refractivity contribution in [3.63, 3.8) is 0 Å². The molecule has 0 aliphatic carbocycles. The summed E-state index contributed by atoms with van der Waals surface area (Å²) in [6.45, 7) is 4.13. The van der Waals surface area contributed by atoms with Gasteiger partial charge < -0.3 is 15.2 Å². The maximum absolute atomic E-state index is 13.0. The van der Waals surface area contributed by atoms with Crippen LogP contribution >= 0.6 is 0 Å². The number of imidazole rings is 1. The van der Waals surface area contributed by atoms with E-state index in [0.717, 1.165) is 36.2 Å². The molecule has 1 aromatic carbocycles. The number of hydrogen-bond donors (Lipinski definition) is 3. The number of carbonyl (C=O) groups excluding carboxylic acids is 1. The molecule has 3 aromatic rings. The highest BCUT2D eigenvalue weighted by Gasteiger charge is 2.31. The van der Waals surface area contributed by atoms with Crippen molar-refractivity contribution in [2.45, 2.75) is 33.1 Å². The van der Waals surface area contributed by atoms with Crippen LogP contribution in [-0.4, -0.2) is 42.6 Å². The molecule has 0 saturated heterocycles. The molecule has 156 valence electrons. The minimum Gasteiger partial charge on any atom is -0.478 e. The van der Waals surface area contributed by atoms with Crippen LogP contribution in [0.3, 0.4) is 0 Å². The Morgan fingerprint density at radius 2 is 1.87 bits per heavy atom. The first-order chi connectivity index (χ1) is 14.3. The molecule has 0 saturated carbocycles. The van der Waals surface area contributed by atoms with Crippen LogP contribution in [0.2, 0.25) is 0 Å². The van der Waals surface area contributed by atoms with Crippen molar-refractivity contribution >= 4 is 28.7 Å². The van der Waals surface area contributed by atoms with Gasteiger partial charge in [-0.2, -0.15) is 0 Å². The van der Waals surface area contributed by atoms with Gasteiger partial charge in [0.05, 0.1) is 17.5 Å². The first kappa shape index (κ1) is 21.0. The zero-order chi connectivity index (χ0) is 21.8. The number of aromatic amines is 1. The first-order valence-electron chi connectivity index (χ1n) is 9.55. The van der Waals surface area contributed by atoms with E-state index in [0.29, 0.717) is 12.2 Å². The number of aryl methyl sites for hydroxylation is 2. The second-order valence-electron chi connectivity index (χ2n) is 7.19. The average molecular weight is 409 g/mol. The Balaban J connectivity index is 0.000000275. The summed E-state index contributed by atoms with van der Waals surface area (Å²) in [5.74, 6) is -2.28. The van der Waals surface area contributed by atoms with E-state index in [-0.39, 0.29) is 11.8 Å². The number of hydrogen-bond acceptors (Lipinski definition) is 4. The molecule has 0 amide bonds. The van der Waals surface area contributed by atoms with E-state index in [1.807, 2.05) is 29.7 Å². The lowest BCUT2D eigenvalue weighted by molar-refractivity contribution is -0.134. The number of fused-ring (bicyclic) bond motifs is 3. The molecule has 1 atom stereocenters. The number of nitrogens with one attached hydrogen (secondary N) is 1. The van der Waals surface area contributed by atoms with Gasteiger partial charge in [0.2, 0.25) is 5.91 Å². The first-order valence-corrected chi connectivity index (χ1v) is 9.55. The highest BCUT2D eigenvalue weighted by atomic mass is 16.4. The number of carboxylic acids is 2. The Morgan fingerprint density at radius 1 is 1.20 bits per heavy atom. The summed E-state index contributed by atoms with van der Waals surface area (Å²) in [4.78, 5) is 39.6. The molecule has 0 bridgehead atoms. The van der Waals surface area contributed by atoms with Gasteiger partial charge in [0.15, 0.2) is 0 Å². The summed E-state index contributed by atoms with van der Waals surface area (Å²) in [6.07, 6.45) is 5.41. The monoisotopic (exact) mass is 409 g/mol. The summed E-state index contributed by atoms with van der Waals surface area (Å²) >= 11 is 0. The number of para-hydroxylation sites is 1. The molecule has 30 heavy (non-hydrogen) atoms. The van der Waals surface area contributed by atoms with Crippen LogP contribution in [0.5, 0.6) is 0 Å². The third kappa shape index (κ3) is 4.32. The quantitative estimate of drug-likeness (QED) is 0.569. The predicted molar refractivity (Wildman–Crippen MR) is 111 cm³/mol. The Bertz CT molecular complexity index is 1120. The SMILES string of the molecule is Cc1[nH]cnc1CC1CCc2c(C)c3ccccc3n2C1=O.O=C(O)C=CC(=O)O. The summed E-state index contributed by atoms with van der Waals surface area (Å²) in [5.41, 5.74) is 5.55. The molecule has 4 rings (SSSR count). The summed E-state index contributed by atoms with van der Waals surface area (Å²) in [6, 6.07) is 8.20. The lowest BCUT2D eigenvalue weighted by Crippen LogP contribution is -2.30. The van der Waals surface area contributed by atoms with Crippen molar-refractivity contribution in [2.24, 2.45) is 5.92 Å². The van der Waals surface area contributed by atoms with Crippen molar-refractivity contribution in [2.75, 3.05) is 0 Å². The minimum atomic E-state index is -1.26. The Morgan fingerprint density at radius 3 is 2.47 bits per heavy atom. The highest BCUT2D eigenvalue weighted by molar-refractivity contribution is 5.97. The average Bonchev–Trinajstić information content (AvgIpc) is 3.24. The second kappa shape index (κ2) is 8.77. The van der Waals surface area contributed by atoms with E-state index < -0.39 is 11.9 Å². The normalized spacial score (nSPS) is 15.7. The topological polar surface area (TPSA) is 125 Å². The van der Waals surface area contributed by atoms with Gasteiger partial charge in [-0.05, 0) is 38.3 Å². The Hall–Kier alpha value is -3.68. The molecular formula is C22H23N3O5. The third-order valence-electron chi connectivity index (χ3n) is 5.29. The van der Waals surface area contributed by atoms with Gasteiger partial charge in [0.25, 0.3) is 0 Å². The zero-order valence-corrected chi connectivity index (χ0v) is 16.8. The lowest BCUT2D eigenvalue weighted by atomic mass is 9.91. The number of aliphatic carboxylic acids is 2. The molecule has 1 aliphatic rings. The largest absolute Gasteiger partial charge is 0.478 e. The Kier molecular flexibility index (Phi) is 6.15. The van der Waals surface area contributed by atoms with E-state index in [9.17, 15) is 14.4 Å². The number of rotatable bonds is 4. The van der Waals surface area contributed by atoms with Crippen molar-refractivity contribution < 1.29 is 24.6 Å². The maximum Gasteiger partial charge on any atom is 0.328 e. The van der Waals surface area contributed by atoms with Crippen LogP contribution in [0, 0.1) is 19.8 Å². The molecule has 0 spiro atoms. The van der Waals surface area contributed by atoms with Crippen molar-refractivity contribution in [3.05, 3.63) is 65.4 Å². The molecular weight excluding hydrogens is 386 g/mol. The van der Waals surface area contributed by atoms with Crippen LogP contribution in [0.15, 0.2) is 42.7 Å². The Labute approximate surface area is 172 Å². The standard InChI is InChI=1S/C18H19N3O.C4H4O4/c1-11-14-5-3-4-6-17(14)21-16(11)8-7-13(18(21)22)9-15-12(2)19-10-20-15;5-3(6)1-2-4(7)8/h3-6,10,13H,7-9H2,1-2H3,(H,19,20);1-2H,(H,5,6)(H,7,8). The predicted octanol–water partition coefficient (Wildman–Crippen LogP) is 3.14. The molecule has 8 nitrogen and oxygen atoms in total. The maximum atomic E-state index is 13.0. The number of carboxylic acid groups (broad SMARTS) is 2. The van der Waals surface area contributed by atoms with E-state index in [1.165, 1.54) is 16.6 Å². The summed E-state index contributed by atoms with van der Waals surface area (Å²) in [5, 5.41) is 16.8. The second-order valence-corrected chi connectivity index (χ2v) is 7.19.